The Bertz CT molecular complexity index is 835. The second-order valence-electron chi connectivity index (χ2n) is 7.15. The maximum Gasteiger partial charge on any atom is 0.338 e. The van der Waals surface area contributed by atoms with Crippen LogP contribution in [0.2, 0.25) is 0 Å². The molecule has 1 aliphatic heterocycles. The summed E-state index contributed by atoms with van der Waals surface area (Å²) in [6, 6.07) is 13.5. The Hall–Kier alpha value is -2.77. The fourth-order valence-electron chi connectivity index (χ4n) is 3.18. The molecular weight excluding hydrogens is 375 g/mol. The van der Waals surface area contributed by atoms with Gasteiger partial charge in [0.15, 0.2) is 6.61 Å². The molecule has 2 aromatic rings. The summed E-state index contributed by atoms with van der Waals surface area (Å²) in [7, 11) is 1.55. The molecule has 3 rings (SSSR count). The standard InChI is InChI=1S/C22H25FN2O4/c1-24(15-19-4-2-3-5-20(19)23)21(26)16-29-22(27)18-8-6-17(7-9-18)14-25-10-12-28-13-11-25/h2-9H,10-16H2,1H3/p+1. The van der Waals surface area contributed by atoms with Gasteiger partial charge in [-0.15, -0.1) is 0 Å². The molecule has 1 N–H and O–H groups in total. The van der Waals surface area contributed by atoms with Crippen LogP contribution in [0.25, 0.3) is 0 Å². The highest BCUT2D eigenvalue weighted by atomic mass is 19.1. The zero-order chi connectivity index (χ0) is 20.6. The number of hydrogen-bond donors (Lipinski definition) is 1. The number of quaternary nitrogens is 1. The van der Waals surface area contributed by atoms with Crippen LogP contribution in [0.3, 0.4) is 0 Å². The molecule has 29 heavy (non-hydrogen) atoms. The first-order valence-corrected chi connectivity index (χ1v) is 9.67. The van der Waals surface area contributed by atoms with Crippen LogP contribution >= 0.6 is 0 Å². The van der Waals surface area contributed by atoms with E-state index in [-0.39, 0.29) is 19.0 Å². The number of nitrogens with zero attached hydrogens (tertiary/aromatic N) is 1. The summed E-state index contributed by atoms with van der Waals surface area (Å²) in [5.74, 6) is -1.32. The molecule has 1 fully saturated rings. The van der Waals surface area contributed by atoms with Crippen molar-refractivity contribution in [2.75, 3.05) is 40.0 Å². The normalized spacial score (nSPS) is 14.4. The molecule has 0 spiro atoms. The molecule has 1 saturated heterocycles. The molecule has 2 aromatic carbocycles. The first kappa shape index (κ1) is 21.0. The van der Waals surface area contributed by atoms with E-state index in [9.17, 15) is 14.0 Å². The number of ether oxygens (including phenoxy) is 2. The number of esters is 1. The molecule has 0 saturated carbocycles. The second kappa shape index (κ2) is 10.1. The Morgan fingerprint density at radius 2 is 1.79 bits per heavy atom. The Kier molecular flexibility index (Phi) is 7.32. The molecule has 7 heteroatoms. The molecule has 154 valence electrons. The van der Waals surface area contributed by atoms with Crippen molar-refractivity contribution >= 4 is 11.9 Å². The largest absolute Gasteiger partial charge is 0.452 e. The third kappa shape index (κ3) is 6.10. The van der Waals surface area contributed by atoms with E-state index in [1.165, 1.54) is 15.9 Å². The average molecular weight is 401 g/mol. The SMILES string of the molecule is CN(Cc1ccccc1F)C(=O)COC(=O)c1ccc(C[NH+]2CCOCC2)cc1. The summed E-state index contributed by atoms with van der Waals surface area (Å²) < 4.78 is 24.2. The highest BCUT2D eigenvalue weighted by molar-refractivity contribution is 5.91. The molecule has 0 bridgehead atoms. The van der Waals surface area contributed by atoms with Gasteiger partial charge in [-0.2, -0.15) is 0 Å². The number of carbonyl (C=O) groups is 2. The Balaban J connectivity index is 1.47. The fraction of sp³-hybridized carbons (Fsp3) is 0.364. The van der Waals surface area contributed by atoms with Crippen molar-refractivity contribution in [2.24, 2.45) is 0 Å². The minimum atomic E-state index is -0.553. The number of carbonyl (C=O) groups excluding carboxylic acids is 2. The van der Waals surface area contributed by atoms with Crippen molar-refractivity contribution in [3.05, 3.63) is 71.0 Å². The lowest BCUT2D eigenvalue weighted by atomic mass is 10.1. The van der Waals surface area contributed by atoms with Crippen molar-refractivity contribution in [2.45, 2.75) is 13.1 Å². The molecule has 0 unspecified atom stereocenters. The molecule has 6 nitrogen and oxygen atoms in total. The monoisotopic (exact) mass is 401 g/mol. The molecule has 1 heterocycles. The van der Waals surface area contributed by atoms with Gasteiger partial charge in [0, 0.05) is 24.7 Å². The van der Waals surface area contributed by atoms with Crippen LogP contribution in [0, 0.1) is 5.82 Å². The predicted molar refractivity (Wildman–Crippen MR) is 105 cm³/mol. The number of rotatable bonds is 7. The molecule has 0 radical (unpaired) electrons. The topological polar surface area (TPSA) is 60.3 Å². The van der Waals surface area contributed by atoms with Crippen molar-refractivity contribution in [3.63, 3.8) is 0 Å². The van der Waals surface area contributed by atoms with E-state index in [4.69, 9.17) is 9.47 Å². The van der Waals surface area contributed by atoms with E-state index in [1.54, 1.807) is 37.4 Å². The lowest BCUT2D eigenvalue weighted by molar-refractivity contribution is -0.921. The maximum absolute atomic E-state index is 13.7. The van der Waals surface area contributed by atoms with E-state index in [0.29, 0.717) is 11.1 Å². The van der Waals surface area contributed by atoms with Gasteiger partial charge in [0.2, 0.25) is 0 Å². The third-order valence-electron chi connectivity index (χ3n) is 4.96. The van der Waals surface area contributed by atoms with E-state index in [2.05, 4.69) is 0 Å². The van der Waals surface area contributed by atoms with Crippen LogP contribution in [0.1, 0.15) is 21.5 Å². The van der Waals surface area contributed by atoms with Gasteiger partial charge in [-0.25, -0.2) is 9.18 Å². The first-order chi connectivity index (χ1) is 14.0. The Morgan fingerprint density at radius 1 is 1.10 bits per heavy atom. The quantitative estimate of drug-likeness (QED) is 0.705. The van der Waals surface area contributed by atoms with Gasteiger partial charge >= 0.3 is 5.97 Å². The van der Waals surface area contributed by atoms with Gasteiger partial charge in [-0.05, 0) is 18.2 Å². The highest BCUT2D eigenvalue weighted by Gasteiger charge is 2.17. The molecule has 0 atom stereocenters. The summed E-state index contributed by atoms with van der Waals surface area (Å²) in [6.45, 7) is 4.12. The van der Waals surface area contributed by atoms with E-state index in [0.717, 1.165) is 38.4 Å². The predicted octanol–water partition coefficient (Wildman–Crippen LogP) is 1.06. The summed E-state index contributed by atoms with van der Waals surface area (Å²) in [4.78, 5) is 27.2. The Labute approximate surface area is 169 Å². The van der Waals surface area contributed by atoms with E-state index >= 15 is 0 Å². The van der Waals surface area contributed by atoms with Crippen molar-refractivity contribution in [3.8, 4) is 0 Å². The van der Waals surface area contributed by atoms with Gasteiger partial charge in [-0.3, -0.25) is 4.79 Å². The zero-order valence-corrected chi connectivity index (χ0v) is 16.5. The van der Waals surface area contributed by atoms with Crippen molar-refractivity contribution in [1.82, 2.24) is 4.90 Å². The first-order valence-electron chi connectivity index (χ1n) is 9.67. The van der Waals surface area contributed by atoms with Gasteiger partial charge in [0.05, 0.1) is 18.8 Å². The lowest BCUT2D eigenvalue weighted by Gasteiger charge is -2.23. The van der Waals surface area contributed by atoms with Crippen LogP contribution in [0.15, 0.2) is 48.5 Å². The number of likely N-dealkylation sites (N-methyl/N-ethyl adjacent to an activating group) is 1. The number of morpholine rings is 1. The van der Waals surface area contributed by atoms with Crippen LogP contribution in [-0.2, 0) is 27.4 Å². The van der Waals surface area contributed by atoms with Crippen LogP contribution < -0.4 is 4.90 Å². The van der Waals surface area contributed by atoms with Gasteiger partial charge in [-0.1, -0.05) is 30.3 Å². The number of hydrogen-bond acceptors (Lipinski definition) is 4. The van der Waals surface area contributed by atoms with Crippen LogP contribution in [-0.4, -0.2) is 56.7 Å². The summed E-state index contributed by atoms with van der Waals surface area (Å²) >= 11 is 0. The van der Waals surface area contributed by atoms with Crippen molar-refractivity contribution < 1.29 is 28.4 Å². The van der Waals surface area contributed by atoms with Gasteiger partial charge in [0.25, 0.3) is 5.91 Å². The molecule has 0 aliphatic carbocycles. The minimum Gasteiger partial charge on any atom is -0.452 e. The van der Waals surface area contributed by atoms with Gasteiger partial charge < -0.3 is 19.3 Å². The fourth-order valence-corrected chi connectivity index (χ4v) is 3.18. The zero-order valence-electron chi connectivity index (χ0n) is 16.5. The molecular formula is C22H26FN2O4+. The van der Waals surface area contributed by atoms with Crippen LogP contribution in [0.4, 0.5) is 4.39 Å². The minimum absolute atomic E-state index is 0.113. The molecule has 0 aromatic heterocycles. The second-order valence-corrected chi connectivity index (χ2v) is 7.15. The summed E-state index contributed by atoms with van der Waals surface area (Å²) in [6.07, 6.45) is 0. The lowest BCUT2D eigenvalue weighted by Crippen LogP contribution is -3.12. The molecule has 1 amide bonds. The van der Waals surface area contributed by atoms with Crippen molar-refractivity contribution in [1.29, 1.82) is 0 Å². The maximum atomic E-state index is 13.7. The number of halogens is 1. The van der Waals surface area contributed by atoms with E-state index in [1.807, 2.05) is 12.1 Å². The smallest absolute Gasteiger partial charge is 0.338 e. The average Bonchev–Trinajstić information content (AvgIpc) is 2.74. The number of nitrogens with one attached hydrogen (secondary N) is 1. The Morgan fingerprint density at radius 3 is 2.48 bits per heavy atom. The third-order valence-corrected chi connectivity index (χ3v) is 4.96. The number of benzene rings is 2. The van der Waals surface area contributed by atoms with E-state index < -0.39 is 11.9 Å². The summed E-state index contributed by atoms with van der Waals surface area (Å²) in [5.41, 5.74) is 1.95. The molecule has 1 aliphatic rings. The highest BCUT2D eigenvalue weighted by Crippen LogP contribution is 2.10. The summed E-state index contributed by atoms with van der Waals surface area (Å²) in [5, 5.41) is 0. The van der Waals surface area contributed by atoms with Crippen LogP contribution in [0.5, 0.6) is 0 Å². The number of amides is 1. The van der Waals surface area contributed by atoms with Gasteiger partial charge in [0.1, 0.15) is 25.5 Å².